The van der Waals surface area contributed by atoms with Crippen molar-refractivity contribution in [3.8, 4) is 0 Å². The van der Waals surface area contributed by atoms with Gasteiger partial charge in [-0.1, -0.05) is 36.4 Å². The van der Waals surface area contributed by atoms with E-state index in [1.165, 1.54) is 11.8 Å². The highest BCUT2D eigenvalue weighted by molar-refractivity contribution is 5.95. The van der Waals surface area contributed by atoms with Gasteiger partial charge in [-0.3, -0.25) is 14.4 Å². The van der Waals surface area contributed by atoms with Crippen LogP contribution in [0.3, 0.4) is 0 Å². The fourth-order valence-electron chi connectivity index (χ4n) is 5.70. The molecule has 2 aromatic heterocycles. The maximum Gasteiger partial charge on any atom is 0.326 e. The van der Waals surface area contributed by atoms with Gasteiger partial charge in [0, 0.05) is 53.6 Å². The van der Waals surface area contributed by atoms with Crippen LogP contribution in [-0.4, -0.2) is 85.6 Å². The minimum Gasteiger partial charge on any atom is -0.480 e. The van der Waals surface area contributed by atoms with E-state index >= 15 is 0 Å². The van der Waals surface area contributed by atoms with E-state index in [1.807, 2.05) is 48.5 Å². The molecule has 12 nitrogen and oxygen atoms in total. The van der Waals surface area contributed by atoms with Gasteiger partial charge < -0.3 is 41.4 Å². The lowest BCUT2D eigenvalue weighted by atomic mass is 10.0. The van der Waals surface area contributed by atoms with Gasteiger partial charge in [-0.25, -0.2) is 4.79 Å². The highest BCUT2D eigenvalue weighted by Crippen LogP contribution is 2.24. The van der Waals surface area contributed by atoms with Crippen LogP contribution in [0.25, 0.3) is 21.8 Å². The first-order chi connectivity index (χ1) is 20.6. The molecule has 1 aliphatic rings. The molecule has 0 aliphatic carbocycles. The number of H-pyrrole nitrogens is 2. The van der Waals surface area contributed by atoms with Gasteiger partial charge >= 0.3 is 5.97 Å². The molecule has 0 bridgehead atoms. The first-order valence-corrected chi connectivity index (χ1v) is 14.3. The number of carbonyl (C=O) groups is 4. The van der Waals surface area contributed by atoms with Crippen LogP contribution in [0.4, 0.5) is 0 Å². The third kappa shape index (κ3) is 6.40. The Morgan fingerprint density at radius 1 is 0.930 bits per heavy atom. The summed E-state index contributed by atoms with van der Waals surface area (Å²) >= 11 is 0. The Labute approximate surface area is 247 Å². The van der Waals surface area contributed by atoms with Gasteiger partial charge in [0.15, 0.2) is 0 Å². The zero-order valence-electron chi connectivity index (χ0n) is 23.7. The molecule has 8 N–H and O–H groups in total. The summed E-state index contributed by atoms with van der Waals surface area (Å²) in [5.41, 5.74) is 9.12. The lowest BCUT2D eigenvalue weighted by Crippen LogP contribution is -2.58. The molecule has 0 radical (unpaired) electrons. The number of aliphatic carboxylic acids is 1. The number of aromatic amines is 2. The number of carboxylic acid groups (broad SMARTS) is 1. The van der Waals surface area contributed by atoms with Crippen LogP contribution in [0.1, 0.15) is 30.9 Å². The first-order valence-electron chi connectivity index (χ1n) is 14.3. The van der Waals surface area contributed by atoms with Gasteiger partial charge in [-0.15, -0.1) is 0 Å². The smallest absolute Gasteiger partial charge is 0.326 e. The van der Waals surface area contributed by atoms with E-state index in [0.29, 0.717) is 12.8 Å². The Morgan fingerprint density at radius 3 is 2.05 bits per heavy atom. The van der Waals surface area contributed by atoms with Crippen molar-refractivity contribution in [2.45, 2.75) is 62.9 Å². The van der Waals surface area contributed by atoms with Crippen LogP contribution in [0.2, 0.25) is 0 Å². The molecule has 1 saturated heterocycles. The number of carbonyl (C=O) groups excluding carboxylic acids is 3. The Bertz CT molecular complexity index is 1640. The number of para-hydroxylation sites is 2. The number of nitrogens with two attached hydrogens (primary N) is 1. The Balaban J connectivity index is 1.35. The molecule has 4 aromatic rings. The molecule has 12 heteroatoms. The van der Waals surface area contributed by atoms with Crippen molar-refractivity contribution in [3.05, 3.63) is 72.1 Å². The molecule has 5 atom stereocenters. The summed E-state index contributed by atoms with van der Waals surface area (Å²) in [5, 5.41) is 26.9. The number of benzene rings is 2. The quantitative estimate of drug-likeness (QED) is 0.137. The van der Waals surface area contributed by atoms with Gasteiger partial charge in [0.25, 0.3) is 0 Å². The molecule has 2 aromatic carbocycles. The van der Waals surface area contributed by atoms with E-state index in [2.05, 4.69) is 20.6 Å². The van der Waals surface area contributed by atoms with Crippen molar-refractivity contribution in [2.24, 2.45) is 5.73 Å². The summed E-state index contributed by atoms with van der Waals surface area (Å²) in [4.78, 5) is 60.2. The number of aliphatic hydroxyl groups excluding tert-OH is 1. The van der Waals surface area contributed by atoms with E-state index in [1.54, 1.807) is 12.4 Å². The second-order valence-corrected chi connectivity index (χ2v) is 11.0. The Morgan fingerprint density at radius 2 is 1.49 bits per heavy atom. The summed E-state index contributed by atoms with van der Waals surface area (Å²) < 4.78 is 0. The third-order valence-corrected chi connectivity index (χ3v) is 8.09. The fraction of sp³-hybridized carbons (Fsp3) is 0.355. The maximum atomic E-state index is 14.0. The molecular formula is C31H36N6O6. The average Bonchev–Trinajstić information content (AvgIpc) is 3.74. The third-order valence-electron chi connectivity index (χ3n) is 8.09. The molecular weight excluding hydrogens is 552 g/mol. The van der Waals surface area contributed by atoms with Gasteiger partial charge in [-0.05, 0) is 43.0 Å². The zero-order chi connectivity index (χ0) is 30.7. The molecule has 0 spiro atoms. The zero-order valence-corrected chi connectivity index (χ0v) is 23.7. The summed E-state index contributed by atoms with van der Waals surface area (Å²) in [5.74, 6) is -2.95. The predicted molar refractivity (Wildman–Crippen MR) is 160 cm³/mol. The molecule has 1 aliphatic heterocycles. The van der Waals surface area contributed by atoms with Gasteiger partial charge in [-0.2, -0.15) is 0 Å². The number of aromatic nitrogens is 2. The maximum absolute atomic E-state index is 14.0. The van der Waals surface area contributed by atoms with Crippen molar-refractivity contribution in [1.82, 2.24) is 25.5 Å². The monoisotopic (exact) mass is 588 g/mol. The van der Waals surface area contributed by atoms with Crippen molar-refractivity contribution < 1.29 is 29.4 Å². The fourth-order valence-corrected chi connectivity index (χ4v) is 5.70. The van der Waals surface area contributed by atoms with Gasteiger partial charge in [0.2, 0.25) is 17.7 Å². The molecule has 0 saturated carbocycles. The van der Waals surface area contributed by atoms with Crippen LogP contribution < -0.4 is 16.4 Å². The number of fused-ring (bicyclic) bond motifs is 2. The van der Waals surface area contributed by atoms with Gasteiger partial charge in [0.05, 0.1) is 6.10 Å². The second kappa shape index (κ2) is 12.7. The van der Waals surface area contributed by atoms with Crippen LogP contribution >= 0.6 is 0 Å². The largest absolute Gasteiger partial charge is 0.480 e. The lowest BCUT2D eigenvalue weighted by Gasteiger charge is -2.30. The van der Waals surface area contributed by atoms with E-state index < -0.39 is 54.0 Å². The standard InChI is InChI=1S/C31H36N6O6/c1-17(38)27(32)29(40)35-24(13-18-15-33-22-9-4-2-7-20(18)22)30(41)37-12-6-11-26(37)28(39)36-25(31(42)43)14-19-16-34-23-10-5-3-8-21(19)23/h2-5,7-10,15-17,24-27,33-34,38H,6,11-14,32H2,1H3,(H,35,40)(H,36,39)(H,42,43). The number of likely N-dealkylation sites (tertiary alicyclic amines) is 1. The molecule has 43 heavy (non-hydrogen) atoms. The summed E-state index contributed by atoms with van der Waals surface area (Å²) in [6.07, 6.45) is 3.41. The number of amides is 3. The molecule has 5 rings (SSSR count). The van der Waals surface area contributed by atoms with Gasteiger partial charge in [0.1, 0.15) is 24.2 Å². The average molecular weight is 589 g/mol. The highest BCUT2D eigenvalue weighted by Gasteiger charge is 2.39. The molecule has 3 amide bonds. The van der Waals surface area contributed by atoms with Crippen molar-refractivity contribution in [1.29, 1.82) is 0 Å². The summed E-state index contributed by atoms with van der Waals surface area (Å²) in [7, 11) is 0. The molecule has 226 valence electrons. The van der Waals surface area contributed by atoms with E-state index in [0.717, 1.165) is 32.9 Å². The lowest BCUT2D eigenvalue weighted by molar-refractivity contribution is -0.145. The summed E-state index contributed by atoms with van der Waals surface area (Å²) in [6.45, 7) is 1.65. The van der Waals surface area contributed by atoms with Crippen molar-refractivity contribution in [2.75, 3.05) is 6.54 Å². The van der Waals surface area contributed by atoms with Crippen molar-refractivity contribution in [3.63, 3.8) is 0 Å². The van der Waals surface area contributed by atoms with Crippen LogP contribution in [0, 0.1) is 0 Å². The van der Waals surface area contributed by atoms with E-state index in [-0.39, 0.29) is 19.4 Å². The summed E-state index contributed by atoms with van der Waals surface area (Å²) in [6, 6.07) is 10.6. The number of hydrogen-bond acceptors (Lipinski definition) is 6. The first kappa shape index (κ1) is 29.8. The minimum absolute atomic E-state index is 0.0578. The predicted octanol–water partition coefficient (Wildman–Crippen LogP) is 1.19. The molecule has 5 unspecified atom stereocenters. The Kier molecular flexibility index (Phi) is 8.78. The second-order valence-electron chi connectivity index (χ2n) is 11.0. The topological polar surface area (TPSA) is 194 Å². The number of rotatable bonds is 11. The molecule has 3 heterocycles. The van der Waals surface area contributed by atoms with Crippen molar-refractivity contribution >= 4 is 45.5 Å². The molecule has 1 fully saturated rings. The number of nitrogens with one attached hydrogen (secondary N) is 4. The number of carboxylic acids is 1. The normalized spacial score (nSPS) is 17.8. The van der Waals surface area contributed by atoms with Crippen LogP contribution in [0.5, 0.6) is 0 Å². The van der Waals surface area contributed by atoms with E-state index in [4.69, 9.17) is 5.73 Å². The van der Waals surface area contributed by atoms with E-state index in [9.17, 15) is 29.4 Å². The van der Waals surface area contributed by atoms with Crippen LogP contribution in [-0.2, 0) is 32.0 Å². The highest BCUT2D eigenvalue weighted by atomic mass is 16.4. The SMILES string of the molecule is CC(O)C(N)C(=O)NC(Cc1c[nH]c2ccccc12)C(=O)N1CCCC1C(=O)NC(Cc1c[nH]c2ccccc12)C(=O)O. The number of nitrogens with zero attached hydrogens (tertiary/aromatic N) is 1. The number of hydrogen-bond donors (Lipinski definition) is 7. The number of aliphatic hydroxyl groups is 1. The minimum atomic E-state index is -1.25. The Hall–Kier alpha value is -4.68. The van der Waals surface area contributed by atoms with Crippen LogP contribution in [0.15, 0.2) is 60.9 Å².